The fourth-order valence-corrected chi connectivity index (χ4v) is 4.17. The SMILES string of the molecule is COCCN1C(=O)C(O)=C(C(=O)c2cccs2)C1c1c[nH]c2ccccc12. The van der Waals surface area contributed by atoms with Gasteiger partial charge >= 0.3 is 0 Å². The van der Waals surface area contributed by atoms with E-state index in [2.05, 4.69) is 4.98 Å². The number of aromatic amines is 1. The average molecular weight is 382 g/mol. The van der Waals surface area contributed by atoms with E-state index < -0.39 is 17.7 Å². The molecule has 27 heavy (non-hydrogen) atoms. The number of carbonyl (C=O) groups excluding carboxylic acids is 2. The third kappa shape index (κ3) is 2.85. The molecule has 0 aliphatic carbocycles. The summed E-state index contributed by atoms with van der Waals surface area (Å²) in [5.74, 6) is -1.37. The zero-order valence-electron chi connectivity index (χ0n) is 14.6. The molecule has 3 aromatic rings. The lowest BCUT2D eigenvalue weighted by atomic mass is 9.95. The Morgan fingerprint density at radius 3 is 2.85 bits per heavy atom. The molecule has 1 atom stereocenters. The zero-order chi connectivity index (χ0) is 19.0. The van der Waals surface area contributed by atoms with Crippen LogP contribution in [0, 0.1) is 0 Å². The normalized spacial score (nSPS) is 17.3. The number of Topliss-reactive ketones (excluding diaryl/α,β-unsaturated/α-hetero) is 1. The lowest BCUT2D eigenvalue weighted by Gasteiger charge is -2.26. The minimum atomic E-state index is -0.668. The number of rotatable bonds is 6. The molecular formula is C20H18N2O4S. The van der Waals surface area contributed by atoms with Gasteiger partial charge in [-0.05, 0) is 17.5 Å². The van der Waals surface area contributed by atoms with Crippen LogP contribution in [0.15, 0.2) is 59.3 Å². The Bertz CT molecular complexity index is 1040. The number of aliphatic hydroxyl groups is 1. The maximum absolute atomic E-state index is 13.1. The second-order valence-electron chi connectivity index (χ2n) is 6.25. The van der Waals surface area contributed by atoms with Gasteiger partial charge in [-0.15, -0.1) is 11.3 Å². The first-order valence-corrected chi connectivity index (χ1v) is 9.38. The summed E-state index contributed by atoms with van der Waals surface area (Å²) >= 11 is 1.29. The van der Waals surface area contributed by atoms with Crippen LogP contribution in [0.25, 0.3) is 10.9 Å². The number of aromatic nitrogens is 1. The molecule has 3 heterocycles. The number of aliphatic hydroxyl groups excluding tert-OH is 1. The van der Waals surface area contributed by atoms with Crippen LogP contribution in [-0.4, -0.2) is 46.9 Å². The molecule has 6 nitrogen and oxygen atoms in total. The predicted octanol–water partition coefficient (Wildman–Crippen LogP) is 3.45. The first-order valence-electron chi connectivity index (χ1n) is 8.50. The molecule has 138 valence electrons. The summed E-state index contributed by atoms with van der Waals surface area (Å²) in [4.78, 5) is 31.0. The Morgan fingerprint density at radius 1 is 1.30 bits per heavy atom. The molecular weight excluding hydrogens is 364 g/mol. The van der Waals surface area contributed by atoms with E-state index in [0.29, 0.717) is 11.5 Å². The molecule has 0 fully saturated rings. The second-order valence-corrected chi connectivity index (χ2v) is 7.20. The zero-order valence-corrected chi connectivity index (χ0v) is 15.5. The number of para-hydroxylation sites is 1. The van der Waals surface area contributed by atoms with Gasteiger partial charge in [0.15, 0.2) is 5.76 Å². The molecule has 1 unspecified atom stereocenters. The van der Waals surface area contributed by atoms with E-state index in [1.165, 1.54) is 16.2 Å². The van der Waals surface area contributed by atoms with E-state index in [0.717, 1.165) is 16.5 Å². The number of ether oxygens (including phenoxy) is 1. The number of hydrogen-bond acceptors (Lipinski definition) is 5. The van der Waals surface area contributed by atoms with Crippen LogP contribution in [0.3, 0.4) is 0 Å². The summed E-state index contributed by atoms with van der Waals surface area (Å²) in [6.45, 7) is 0.573. The largest absolute Gasteiger partial charge is 0.503 e. The van der Waals surface area contributed by atoms with Gasteiger partial charge in [-0.1, -0.05) is 24.3 Å². The molecule has 4 rings (SSSR count). The molecule has 2 aromatic heterocycles. The van der Waals surface area contributed by atoms with Crippen LogP contribution in [0.2, 0.25) is 0 Å². The number of carbonyl (C=O) groups is 2. The van der Waals surface area contributed by atoms with Gasteiger partial charge in [-0.3, -0.25) is 9.59 Å². The van der Waals surface area contributed by atoms with E-state index in [1.807, 2.05) is 24.3 Å². The lowest BCUT2D eigenvalue weighted by Crippen LogP contribution is -2.33. The fourth-order valence-electron chi connectivity index (χ4n) is 3.49. The number of benzene rings is 1. The van der Waals surface area contributed by atoms with E-state index in [9.17, 15) is 14.7 Å². The van der Waals surface area contributed by atoms with Crippen molar-refractivity contribution in [2.24, 2.45) is 0 Å². The first kappa shape index (κ1) is 17.5. The molecule has 1 amide bonds. The Labute approximate surface area is 159 Å². The third-order valence-corrected chi connectivity index (χ3v) is 5.61. The number of methoxy groups -OCH3 is 1. The molecule has 1 aliphatic heterocycles. The van der Waals surface area contributed by atoms with Gasteiger partial charge in [0, 0.05) is 36.3 Å². The summed E-state index contributed by atoms with van der Waals surface area (Å²) in [5.41, 5.74) is 1.79. The quantitative estimate of drug-likeness (QED) is 0.640. The van der Waals surface area contributed by atoms with Crippen molar-refractivity contribution < 1.29 is 19.4 Å². The van der Waals surface area contributed by atoms with Crippen molar-refractivity contribution in [3.8, 4) is 0 Å². The highest BCUT2D eigenvalue weighted by Crippen LogP contribution is 2.41. The number of nitrogens with one attached hydrogen (secondary N) is 1. The molecule has 1 aliphatic rings. The Hall–Kier alpha value is -2.90. The average Bonchev–Trinajstić information content (AvgIpc) is 3.40. The predicted molar refractivity (Wildman–Crippen MR) is 103 cm³/mol. The van der Waals surface area contributed by atoms with Crippen molar-refractivity contribution in [3.63, 3.8) is 0 Å². The van der Waals surface area contributed by atoms with Gasteiger partial charge in [0.1, 0.15) is 0 Å². The van der Waals surface area contributed by atoms with Crippen molar-refractivity contribution in [1.82, 2.24) is 9.88 Å². The number of ketones is 1. The van der Waals surface area contributed by atoms with E-state index >= 15 is 0 Å². The van der Waals surface area contributed by atoms with Gasteiger partial charge < -0.3 is 19.7 Å². The van der Waals surface area contributed by atoms with E-state index in [1.54, 1.807) is 30.8 Å². The molecule has 0 saturated heterocycles. The highest BCUT2D eigenvalue weighted by molar-refractivity contribution is 7.12. The standard InChI is InChI=1S/C20H18N2O4S/c1-26-9-8-22-17(13-11-21-14-6-3-2-5-12(13)14)16(19(24)20(22)25)18(23)15-7-4-10-27-15/h2-7,10-11,17,21,24H,8-9H2,1H3. The molecule has 0 saturated carbocycles. The van der Waals surface area contributed by atoms with Gasteiger partial charge in [0.2, 0.25) is 5.78 Å². The number of fused-ring (bicyclic) bond motifs is 1. The van der Waals surface area contributed by atoms with Crippen LogP contribution in [0.4, 0.5) is 0 Å². The van der Waals surface area contributed by atoms with Crippen molar-refractivity contribution >= 4 is 33.9 Å². The number of H-pyrrole nitrogens is 1. The Kier molecular flexibility index (Phi) is 4.55. The fraction of sp³-hybridized carbons (Fsp3) is 0.200. The lowest BCUT2D eigenvalue weighted by molar-refractivity contribution is -0.130. The Balaban J connectivity index is 1.86. The summed E-state index contributed by atoms with van der Waals surface area (Å²) in [5, 5.41) is 13.3. The van der Waals surface area contributed by atoms with Gasteiger partial charge in [-0.25, -0.2) is 0 Å². The molecule has 2 N–H and O–H groups in total. The maximum Gasteiger partial charge on any atom is 0.290 e. The van der Waals surface area contributed by atoms with Crippen LogP contribution in [0.1, 0.15) is 21.3 Å². The highest BCUT2D eigenvalue weighted by Gasteiger charge is 2.44. The molecule has 1 aromatic carbocycles. The van der Waals surface area contributed by atoms with Crippen LogP contribution in [0.5, 0.6) is 0 Å². The van der Waals surface area contributed by atoms with Crippen LogP contribution < -0.4 is 0 Å². The van der Waals surface area contributed by atoms with Crippen molar-refractivity contribution in [1.29, 1.82) is 0 Å². The van der Waals surface area contributed by atoms with Crippen molar-refractivity contribution in [2.75, 3.05) is 20.3 Å². The third-order valence-electron chi connectivity index (χ3n) is 4.75. The molecule has 0 spiro atoms. The van der Waals surface area contributed by atoms with Gasteiger partial charge in [0.25, 0.3) is 5.91 Å². The smallest absolute Gasteiger partial charge is 0.290 e. The van der Waals surface area contributed by atoms with Crippen LogP contribution >= 0.6 is 11.3 Å². The number of amides is 1. The highest BCUT2D eigenvalue weighted by atomic mass is 32.1. The van der Waals surface area contributed by atoms with Gasteiger partial charge in [0.05, 0.1) is 23.1 Å². The first-order chi connectivity index (χ1) is 13.1. The molecule has 7 heteroatoms. The summed E-state index contributed by atoms with van der Waals surface area (Å²) in [6.07, 6.45) is 1.79. The van der Waals surface area contributed by atoms with E-state index in [4.69, 9.17) is 4.74 Å². The number of thiophene rings is 1. The van der Waals surface area contributed by atoms with Crippen LogP contribution in [-0.2, 0) is 9.53 Å². The number of nitrogens with zero attached hydrogens (tertiary/aromatic N) is 1. The van der Waals surface area contributed by atoms with E-state index in [-0.39, 0.29) is 17.9 Å². The summed E-state index contributed by atoms with van der Waals surface area (Å²) in [7, 11) is 1.55. The maximum atomic E-state index is 13.1. The van der Waals surface area contributed by atoms with Crippen molar-refractivity contribution in [2.45, 2.75) is 6.04 Å². The summed E-state index contributed by atoms with van der Waals surface area (Å²) in [6, 6.07) is 10.5. The summed E-state index contributed by atoms with van der Waals surface area (Å²) < 4.78 is 5.12. The minimum absolute atomic E-state index is 0.114. The number of hydrogen-bond donors (Lipinski definition) is 2. The Morgan fingerprint density at radius 2 is 2.11 bits per heavy atom. The van der Waals surface area contributed by atoms with Gasteiger partial charge in [-0.2, -0.15) is 0 Å². The molecule has 0 bridgehead atoms. The monoisotopic (exact) mass is 382 g/mol. The molecule has 0 radical (unpaired) electrons. The minimum Gasteiger partial charge on any atom is -0.503 e. The van der Waals surface area contributed by atoms with Crippen molar-refractivity contribution in [3.05, 3.63) is 69.7 Å². The second kappa shape index (κ2) is 7.02. The topological polar surface area (TPSA) is 82.6 Å².